The normalized spacial score (nSPS) is 23.6. The summed E-state index contributed by atoms with van der Waals surface area (Å²) in [6.07, 6.45) is 13.2. The first-order chi connectivity index (χ1) is 26.3. The van der Waals surface area contributed by atoms with Gasteiger partial charge in [-0.15, -0.1) is 0 Å². The van der Waals surface area contributed by atoms with Crippen LogP contribution in [0.1, 0.15) is 116 Å². The van der Waals surface area contributed by atoms with E-state index in [1.165, 1.54) is 22.3 Å². The molecule has 0 bridgehead atoms. The molecular formula is C41H58N6O6S2. The number of nitrogens with one attached hydrogen (secondary N) is 5. The van der Waals surface area contributed by atoms with Crippen LogP contribution in [0.4, 0.5) is 21.0 Å². The Morgan fingerprint density at radius 1 is 0.764 bits per heavy atom. The van der Waals surface area contributed by atoms with E-state index in [1.807, 2.05) is 6.92 Å². The largest absolute Gasteiger partial charge is 0.332 e. The summed E-state index contributed by atoms with van der Waals surface area (Å²) in [6.45, 7) is 7.50. The van der Waals surface area contributed by atoms with E-state index in [1.54, 1.807) is 0 Å². The number of amides is 4. The third kappa shape index (κ3) is 8.29. The number of carbonyl (C=O) groups is 2. The lowest BCUT2D eigenvalue weighted by Gasteiger charge is -2.25. The molecule has 5 aliphatic carbocycles. The fourth-order valence-electron chi connectivity index (χ4n) is 10.6. The summed E-state index contributed by atoms with van der Waals surface area (Å²) in [7, 11) is -7.68. The van der Waals surface area contributed by atoms with Gasteiger partial charge in [0.1, 0.15) is 0 Å². The summed E-state index contributed by atoms with van der Waals surface area (Å²) in [5.74, 6) is 0.185. The van der Waals surface area contributed by atoms with Gasteiger partial charge in [-0.05, 0) is 178 Å². The minimum absolute atomic E-state index is 0.0101. The summed E-state index contributed by atoms with van der Waals surface area (Å²) in [5, 5.41) is 9.48. The number of benzene rings is 2. The van der Waals surface area contributed by atoms with Gasteiger partial charge in [-0.25, -0.2) is 35.9 Å². The molecular weight excluding hydrogens is 737 g/mol. The molecule has 1 saturated heterocycles. The van der Waals surface area contributed by atoms with Gasteiger partial charge in [0.2, 0.25) is 20.0 Å². The van der Waals surface area contributed by atoms with Crippen molar-refractivity contribution in [2.45, 2.75) is 122 Å². The summed E-state index contributed by atoms with van der Waals surface area (Å²) in [4.78, 5) is 29.3. The first-order valence-corrected chi connectivity index (χ1v) is 24.1. The number of aryl methyl sites for hydroxylation is 3. The van der Waals surface area contributed by atoms with Gasteiger partial charge in [0.15, 0.2) is 0 Å². The van der Waals surface area contributed by atoms with Crippen molar-refractivity contribution in [1.82, 2.24) is 19.7 Å². The van der Waals surface area contributed by atoms with E-state index in [-0.39, 0.29) is 29.3 Å². The summed E-state index contributed by atoms with van der Waals surface area (Å²) in [6, 6.07) is 3.22. The smallest absolute Gasteiger partial charge is 0.310 e. The Kier molecular flexibility index (Phi) is 10.7. The van der Waals surface area contributed by atoms with Crippen LogP contribution in [-0.4, -0.2) is 77.0 Å². The maximum absolute atomic E-state index is 13.5. The molecule has 1 aliphatic heterocycles. The number of anilines is 2. The van der Waals surface area contributed by atoms with Gasteiger partial charge in [0.05, 0.1) is 11.5 Å². The molecule has 2 aromatic rings. The fraction of sp³-hybridized carbons (Fsp3) is 0.659. The van der Waals surface area contributed by atoms with Gasteiger partial charge < -0.3 is 20.9 Å². The Balaban J connectivity index is 0.997. The van der Waals surface area contributed by atoms with Gasteiger partial charge in [-0.3, -0.25) is 0 Å². The van der Waals surface area contributed by atoms with Crippen LogP contribution >= 0.6 is 0 Å². The molecule has 1 saturated carbocycles. The van der Waals surface area contributed by atoms with Crippen LogP contribution in [0.2, 0.25) is 0 Å². The van der Waals surface area contributed by atoms with Crippen LogP contribution in [0, 0.1) is 11.8 Å². The topological polar surface area (TPSA) is 166 Å². The minimum Gasteiger partial charge on any atom is -0.310 e. The maximum Gasteiger partial charge on any atom is 0.332 e. The quantitative estimate of drug-likeness (QED) is 0.173. The van der Waals surface area contributed by atoms with Crippen molar-refractivity contribution in [3.05, 3.63) is 56.6 Å². The molecule has 300 valence electrons. The van der Waals surface area contributed by atoms with Crippen LogP contribution in [0.25, 0.3) is 0 Å². The Labute approximate surface area is 326 Å². The first-order valence-electron chi connectivity index (χ1n) is 20.8. The van der Waals surface area contributed by atoms with Gasteiger partial charge in [-0.2, -0.15) is 0 Å². The van der Waals surface area contributed by atoms with Crippen molar-refractivity contribution in [3.63, 3.8) is 0 Å². The Morgan fingerprint density at radius 3 is 2.13 bits per heavy atom. The van der Waals surface area contributed by atoms with Crippen molar-refractivity contribution in [3.8, 4) is 0 Å². The van der Waals surface area contributed by atoms with Gasteiger partial charge in [0.25, 0.3) is 0 Å². The molecule has 1 heterocycles. The Bertz CT molecular complexity index is 2080. The number of carbonyl (C=O) groups excluding carboxylic acids is 2. The Morgan fingerprint density at radius 2 is 1.44 bits per heavy atom. The summed E-state index contributed by atoms with van der Waals surface area (Å²) in [5.41, 5.74) is 10.4. The van der Waals surface area contributed by atoms with Crippen LogP contribution in [0.3, 0.4) is 0 Å². The number of rotatable bonds is 14. The average Bonchev–Trinajstić information content (AvgIpc) is 3.76. The fourth-order valence-corrected chi connectivity index (χ4v) is 13.5. The second-order valence-electron chi connectivity index (χ2n) is 17.3. The summed E-state index contributed by atoms with van der Waals surface area (Å²) < 4.78 is 57.5. The van der Waals surface area contributed by atoms with Crippen molar-refractivity contribution in [1.29, 1.82) is 0 Å². The predicted octanol–water partition coefficient (Wildman–Crippen LogP) is 5.28. The lowest BCUT2D eigenvalue weighted by molar-refractivity contribution is 0.255. The second-order valence-corrected chi connectivity index (χ2v) is 20.8. The number of hydrogen-bond acceptors (Lipinski definition) is 8. The molecule has 5 N–H and O–H groups in total. The molecule has 3 unspecified atom stereocenters. The number of hydrogen-bond donors (Lipinski definition) is 5. The molecule has 3 atom stereocenters. The highest BCUT2D eigenvalue weighted by Crippen LogP contribution is 2.52. The highest BCUT2D eigenvalue weighted by Gasteiger charge is 2.46. The molecule has 6 aliphatic rings. The zero-order chi connectivity index (χ0) is 38.5. The van der Waals surface area contributed by atoms with E-state index in [0.29, 0.717) is 0 Å². The SMILES string of the molecule is CCCNC1(CS(=O)(=O)NC(=O)Nc2c3c(cc4c2C(C2Cc5cc6c(c(NC(=O)NS(=O)(=O)CC7CCN(CCC)C7)c5C2)CCC6)CC4)CCC3)CC1. The molecule has 2 aromatic carbocycles. The van der Waals surface area contributed by atoms with E-state index in [2.05, 4.69) is 49.4 Å². The molecule has 0 radical (unpaired) electrons. The molecule has 0 spiro atoms. The third-order valence-corrected chi connectivity index (χ3v) is 16.0. The number of nitrogens with zero attached hydrogens (tertiary/aromatic N) is 1. The van der Waals surface area contributed by atoms with Crippen molar-refractivity contribution >= 4 is 43.5 Å². The predicted molar refractivity (Wildman–Crippen MR) is 216 cm³/mol. The molecule has 55 heavy (non-hydrogen) atoms. The van der Waals surface area contributed by atoms with E-state index in [0.717, 1.165) is 156 Å². The average molecular weight is 795 g/mol. The standard InChI is InChI=1S/C41H58N6O6S2/c1-3-16-42-41(14-15-41)25-55(52,53)46-40(49)44-38-34-10-6-7-27(34)19-29-11-12-32(36(29)38)31-21-30-20-28-8-5-9-33(28)37(35(30)22-31)43-39(48)45-54(50,51)24-26-13-18-47(23-26)17-4-2/h19-20,26,31-32,42H,3-18,21-25H2,1-2H3,(H2,43,45,48)(H2,44,46,49). The van der Waals surface area contributed by atoms with Gasteiger partial charge in [-0.1, -0.05) is 26.0 Å². The monoisotopic (exact) mass is 794 g/mol. The highest BCUT2D eigenvalue weighted by atomic mass is 32.2. The number of likely N-dealkylation sites (tertiary alicyclic amines) is 1. The van der Waals surface area contributed by atoms with Crippen molar-refractivity contribution in [2.75, 3.05) is 48.3 Å². The van der Waals surface area contributed by atoms with Gasteiger partial charge in [0, 0.05) is 23.5 Å². The summed E-state index contributed by atoms with van der Waals surface area (Å²) >= 11 is 0. The van der Waals surface area contributed by atoms with Gasteiger partial charge >= 0.3 is 12.1 Å². The molecule has 8 rings (SSSR count). The van der Waals surface area contributed by atoms with Crippen LogP contribution < -0.4 is 25.4 Å². The van der Waals surface area contributed by atoms with Crippen molar-refractivity contribution in [2.24, 2.45) is 11.8 Å². The number of fused-ring (bicyclic) bond motifs is 4. The molecule has 2 fully saturated rings. The lowest BCUT2D eigenvalue weighted by Crippen LogP contribution is -2.45. The maximum atomic E-state index is 13.5. The van der Waals surface area contributed by atoms with Crippen LogP contribution in [-0.2, 0) is 65.0 Å². The zero-order valence-corrected chi connectivity index (χ0v) is 34.1. The second kappa shape index (κ2) is 15.3. The van der Waals surface area contributed by atoms with Crippen LogP contribution in [0.15, 0.2) is 12.1 Å². The molecule has 12 nitrogen and oxygen atoms in total. The third-order valence-electron chi connectivity index (χ3n) is 13.1. The van der Waals surface area contributed by atoms with Crippen molar-refractivity contribution < 1.29 is 26.4 Å². The van der Waals surface area contributed by atoms with E-state index >= 15 is 0 Å². The van der Waals surface area contributed by atoms with E-state index in [9.17, 15) is 26.4 Å². The minimum atomic E-state index is -3.87. The number of sulfonamides is 2. The Hall–Kier alpha value is -3.20. The molecule has 4 amide bonds. The van der Waals surface area contributed by atoms with E-state index < -0.39 is 37.6 Å². The first kappa shape index (κ1) is 38.7. The lowest BCUT2D eigenvalue weighted by atomic mass is 9.83. The zero-order valence-electron chi connectivity index (χ0n) is 32.4. The van der Waals surface area contributed by atoms with E-state index in [4.69, 9.17) is 0 Å². The van der Waals surface area contributed by atoms with Crippen LogP contribution in [0.5, 0.6) is 0 Å². The number of urea groups is 2. The highest BCUT2D eigenvalue weighted by molar-refractivity contribution is 7.90. The molecule has 14 heteroatoms. The molecule has 0 aromatic heterocycles.